The number of nitrogens with zero attached hydrogens (tertiary/aromatic N) is 2. The maximum atomic E-state index is 12.4. The van der Waals surface area contributed by atoms with Crippen molar-refractivity contribution in [2.45, 2.75) is 32.2 Å². The molecule has 0 unspecified atom stereocenters. The van der Waals surface area contributed by atoms with Gasteiger partial charge in [-0.25, -0.2) is 13.4 Å². The zero-order valence-corrected chi connectivity index (χ0v) is 12.9. The van der Waals surface area contributed by atoms with E-state index in [4.69, 9.17) is 0 Å². The lowest BCUT2D eigenvalue weighted by Gasteiger charge is -2.11. The van der Waals surface area contributed by atoms with Crippen LogP contribution in [0, 0.1) is 13.8 Å². The molecule has 2 aromatic rings. The predicted octanol–water partition coefficient (Wildman–Crippen LogP) is 1.68. The number of nitrogens with one attached hydrogen (secondary N) is 1. The molecular weight excluding hydrogens is 290 g/mol. The van der Waals surface area contributed by atoms with Gasteiger partial charge in [0.15, 0.2) is 0 Å². The molecular formula is C14H17N3O3S. The molecule has 0 aliphatic heterocycles. The van der Waals surface area contributed by atoms with Crippen molar-refractivity contribution < 1.29 is 8.42 Å². The van der Waals surface area contributed by atoms with Crippen LogP contribution in [0.25, 0.3) is 0 Å². The second-order valence-corrected chi connectivity index (χ2v) is 6.42. The lowest BCUT2D eigenvalue weighted by atomic mass is 10.2. The first-order chi connectivity index (χ1) is 9.85. The number of sulfonamides is 1. The van der Waals surface area contributed by atoms with Crippen molar-refractivity contribution in [2.24, 2.45) is 0 Å². The van der Waals surface area contributed by atoms with Crippen molar-refractivity contribution in [3.63, 3.8) is 0 Å². The van der Waals surface area contributed by atoms with E-state index in [2.05, 4.69) is 9.71 Å². The van der Waals surface area contributed by atoms with Gasteiger partial charge in [-0.15, -0.1) is 0 Å². The highest BCUT2D eigenvalue weighted by Gasteiger charge is 2.18. The smallest absolute Gasteiger partial charge is 0.277 e. The Kier molecular flexibility index (Phi) is 4.13. The van der Waals surface area contributed by atoms with E-state index in [0.717, 1.165) is 5.56 Å². The van der Waals surface area contributed by atoms with Crippen LogP contribution in [0.5, 0.6) is 0 Å². The Bertz CT molecular complexity index is 826. The summed E-state index contributed by atoms with van der Waals surface area (Å²) in [6, 6.07) is 5.03. The van der Waals surface area contributed by atoms with E-state index >= 15 is 0 Å². The number of hydrogen-bond acceptors (Lipinski definition) is 4. The fourth-order valence-corrected chi connectivity index (χ4v) is 3.32. The van der Waals surface area contributed by atoms with Crippen LogP contribution in [0.4, 0.5) is 5.69 Å². The quantitative estimate of drug-likeness (QED) is 0.932. The number of anilines is 1. The Morgan fingerprint density at radius 3 is 2.62 bits per heavy atom. The molecule has 0 aliphatic carbocycles. The molecule has 0 fully saturated rings. The molecule has 0 saturated heterocycles. The topological polar surface area (TPSA) is 81.1 Å². The van der Waals surface area contributed by atoms with Crippen molar-refractivity contribution in [2.75, 3.05) is 4.72 Å². The van der Waals surface area contributed by atoms with Gasteiger partial charge in [-0.2, -0.15) is 0 Å². The van der Waals surface area contributed by atoms with E-state index in [9.17, 15) is 13.2 Å². The summed E-state index contributed by atoms with van der Waals surface area (Å²) >= 11 is 0. The predicted molar refractivity (Wildman–Crippen MR) is 80.9 cm³/mol. The summed E-state index contributed by atoms with van der Waals surface area (Å²) in [6.07, 6.45) is 2.59. The van der Waals surface area contributed by atoms with Gasteiger partial charge >= 0.3 is 0 Å². The van der Waals surface area contributed by atoms with Crippen LogP contribution in [-0.2, 0) is 16.6 Å². The molecule has 0 amide bonds. The molecule has 0 atom stereocenters. The van der Waals surface area contributed by atoms with Crippen LogP contribution >= 0.6 is 0 Å². The molecule has 1 N–H and O–H groups in total. The van der Waals surface area contributed by atoms with Gasteiger partial charge in [0.2, 0.25) is 0 Å². The first-order valence-corrected chi connectivity index (χ1v) is 7.98. The zero-order chi connectivity index (χ0) is 15.6. The van der Waals surface area contributed by atoms with Crippen LogP contribution in [0.2, 0.25) is 0 Å². The summed E-state index contributed by atoms with van der Waals surface area (Å²) in [5.74, 6) is 0. The third-order valence-electron chi connectivity index (χ3n) is 3.11. The van der Waals surface area contributed by atoms with Crippen LogP contribution < -0.4 is 10.3 Å². The van der Waals surface area contributed by atoms with Crippen molar-refractivity contribution in [1.29, 1.82) is 0 Å². The lowest BCUT2D eigenvalue weighted by Crippen LogP contribution is -2.26. The van der Waals surface area contributed by atoms with Gasteiger partial charge in [0.25, 0.3) is 15.6 Å². The van der Waals surface area contributed by atoms with Crippen LogP contribution in [-0.4, -0.2) is 18.0 Å². The Hall–Kier alpha value is -2.15. The Balaban J connectivity index is 2.45. The van der Waals surface area contributed by atoms with Gasteiger partial charge in [0, 0.05) is 6.54 Å². The monoisotopic (exact) mass is 307 g/mol. The Morgan fingerprint density at radius 1 is 1.29 bits per heavy atom. The summed E-state index contributed by atoms with van der Waals surface area (Å²) in [5.41, 5.74) is 1.13. The van der Waals surface area contributed by atoms with E-state index < -0.39 is 15.6 Å². The molecule has 0 radical (unpaired) electrons. The average molecular weight is 307 g/mol. The molecule has 0 saturated carbocycles. The third-order valence-corrected chi connectivity index (χ3v) is 4.63. The number of aromatic nitrogens is 2. The highest BCUT2D eigenvalue weighted by molar-refractivity contribution is 7.92. The minimum atomic E-state index is -3.81. The first-order valence-electron chi connectivity index (χ1n) is 6.49. The van der Waals surface area contributed by atoms with E-state index in [0.29, 0.717) is 12.1 Å². The third kappa shape index (κ3) is 3.13. The number of rotatable bonds is 4. The van der Waals surface area contributed by atoms with Gasteiger partial charge < -0.3 is 0 Å². The highest BCUT2D eigenvalue weighted by atomic mass is 32.2. The van der Waals surface area contributed by atoms with E-state index in [1.165, 1.54) is 23.2 Å². The van der Waals surface area contributed by atoms with Crippen molar-refractivity contribution in [1.82, 2.24) is 9.55 Å². The Morgan fingerprint density at radius 2 is 2.00 bits per heavy atom. The van der Waals surface area contributed by atoms with Gasteiger partial charge in [-0.05, 0) is 32.4 Å². The van der Waals surface area contributed by atoms with Crippen LogP contribution in [0.15, 0.2) is 40.4 Å². The fourth-order valence-electron chi connectivity index (χ4n) is 2.05. The molecule has 6 nitrogen and oxygen atoms in total. The van der Waals surface area contributed by atoms with Crippen LogP contribution in [0.3, 0.4) is 0 Å². The van der Waals surface area contributed by atoms with E-state index in [1.807, 2.05) is 6.92 Å². The first kappa shape index (κ1) is 15.2. The van der Waals surface area contributed by atoms with E-state index in [1.54, 1.807) is 26.0 Å². The van der Waals surface area contributed by atoms with Gasteiger partial charge in [0.1, 0.15) is 5.69 Å². The standard InChI is InChI=1S/C14H17N3O3S/c1-4-17-9-15-8-12(14(17)18)16-21(19,20)13-6-5-10(2)7-11(13)3/h5-9,16H,4H2,1-3H3. The Labute approximate surface area is 123 Å². The number of hydrogen-bond donors (Lipinski definition) is 1. The maximum absolute atomic E-state index is 12.4. The number of aryl methyl sites for hydroxylation is 3. The summed E-state index contributed by atoms with van der Waals surface area (Å²) in [7, 11) is -3.81. The molecule has 2 rings (SSSR count). The van der Waals surface area contributed by atoms with Gasteiger partial charge in [-0.1, -0.05) is 17.7 Å². The number of benzene rings is 1. The maximum Gasteiger partial charge on any atom is 0.277 e. The molecule has 112 valence electrons. The lowest BCUT2D eigenvalue weighted by molar-refractivity contribution is 0.600. The van der Waals surface area contributed by atoms with Crippen molar-refractivity contribution >= 4 is 15.7 Å². The molecule has 0 bridgehead atoms. The SMILES string of the molecule is CCn1cncc(NS(=O)(=O)c2ccc(C)cc2C)c1=O. The molecule has 7 heteroatoms. The molecule has 1 aromatic carbocycles. The van der Waals surface area contributed by atoms with Crippen LogP contribution in [0.1, 0.15) is 18.1 Å². The van der Waals surface area contributed by atoms with Crippen molar-refractivity contribution in [3.8, 4) is 0 Å². The van der Waals surface area contributed by atoms with Crippen molar-refractivity contribution in [3.05, 3.63) is 52.2 Å². The van der Waals surface area contributed by atoms with Gasteiger partial charge in [-0.3, -0.25) is 14.1 Å². The summed E-state index contributed by atoms with van der Waals surface area (Å²) < 4.78 is 28.4. The normalized spacial score (nSPS) is 11.4. The highest BCUT2D eigenvalue weighted by Crippen LogP contribution is 2.18. The van der Waals surface area contributed by atoms with E-state index in [-0.39, 0.29) is 10.6 Å². The average Bonchev–Trinajstić information content (AvgIpc) is 2.40. The minimum absolute atomic E-state index is 0.0562. The molecule has 1 heterocycles. The molecule has 0 spiro atoms. The fraction of sp³-hybridized carbons (Fsp3) is 0.286. The zero-order valence-electron chi connectivity index (χ0n) is 12.1. The summed E-state index contributed by atoms with van der Waals surface area (Å²) in [6.45, 7) is 5.81. The molecule has 21 heavy (non-hydrogen) atoms. The van der Waals surface area contributed by atoms with Gasteiger partial charge in [0.05, 0.1) is 17.4 Å². The molecule has 1 aromatic heterocycles. The summed E-state index contributed by atoms with van der Waals surface area (Å²) in [5, 5.41) is 0. The second kappa shape index (κ2) is 5.69. The largest absolute Gasteiger partial charge is 0.298 e. The molecule has 0 aliphatic rings. The second-order valence-electron chi connectivity index (χ2n) is 4.77. The summed E-state index contributed by atoms with van der Waals surface area (Å²) in [4.78, 5) is 16.1. The minimum Gasteiger partial charge on any atom is -0.298 e.